The predicted molar refractivity (Wildman–Crippen MR) is 217 cm³/mol. The maximum absolute atomic E-state index is 16.5. The summed E-state index contributed by atoms with van der Waals surface area (Å²) in [6.45, 7) is -1.16. The molecule has 0 unspecified atom stereocenters. The second-order valence-corrected chi connectivity index (χ2v) is 19.8. The number of nitrogens with zero attached hydrogens (tertiary/aromatic N) is 2. The van der Waals surface area contributed by atoms with Crippen molar-refractivity contribution in [1.82, 2.24) is 8.88 Å². The van der Waals surface area contributed by atoms with Crippen LogP contribution in [-0.4, -0.2) is 8.88 Å². The van der Waals surface area contributed by atoms with Crippen molar-refractivity contribution in [1.29, 1.82) is 0 Å². The molecule has 0 aromatic heterocycles. The average Bonchev–Trinajstić information content (AvgIpc) is 3.39. The Morgan fingerprint density at radius 2 is 0.643 bits per heavy atom. The van der Waals surface area contributed by atoms with Crippen molar-refractivity contribution in [2.75, 3.05) is 0 Å². The fraction of sp³-hybridized carbons (Fsp3) is 0.163. The molecule has 6 aromatic rings. The van der Waals surface area contributed by atoms with E-state index in [1.54, 1.807) is 0 Å². The molecule has 13 heteroatoms. The summed E-state index contributed by atoms with van der Waals surface area (Å²) in [6.07, 6.45) is 0. The van der Waals surface area contributed by atoms with Gasteiger partial charge >= 0.3 is 23.2 Å². The molecule has 56 heavy (non-hydrogen) atoms. The van der Waals surface area contributed by atoms with Gasteiger partial charge in [0.1, 0.15) is 0 Å². The van der Waals surface area contributed by atoms with Crippen molar-refractivity contribution in [3.8, 4) is 0 Å². The Labute approximate surface area is 328 Å². The molecule has 0 atom stereocenters. The summed E-state index contributed by atoms with van der Waals surface area (Å²) in [4.78, 5) is 0. The number of benzene rings is 6. The van der Waals surface area contributed by atoms with Crippen molar-refractivity contribution in [2.24, 2.45) is 0 Å². The van der Waals surface area contributed by atoms with E-state index in [0.717, 1.165) is 8.88 Å². The van der Waals surface area contributed by atoms with Crippen molar-refractivity contribution in [2.45, 2.75) is 46.1 Å². The molecular formula is C43H43N2O8P3. The minimum atomic E-state index is -4.81. The van der Waals surface area contributed by atoms with Crippen molar-refractivity contribution in [3.05, 3.63) is 215 Å². The standard InChI is InChI=1S/C43H43N2O8P3/c46-54(49-32-37-18-6-1-7-19-37)44(55(47,50-33-38-20-8-2-9-21-38)51-34-39-22-10-3-11-23-39)30-42-28-16-17-29-43(42)31-45(54)56(48,52-35-40-24-12-4-13-25-40)53-36-41-26-14-5-15-27-41/h1-29H,30-36H2. The number of fused-ring (bicyclic) bond motifs is 1. The van der Waals surface area contributed by atoms with Crippen molar-refractivity contribution in [3.63, 3.8) is 0 Å². The zero-order valence-corrected chi connectivity index (χ0v) is 33.4. The normalized spacial score (nSPS) is 14.9. The summed E-state index contributed by atoms with van der Waals surface area (Å²) < 4.78 is 82.1. The third-order valence-electron chi connectivity index (χ3n) is 9.08. The van der Waals surface area contributed by atoms with Crippen LogP contribution < -0.4 is 0 Å². The van der Waals surface area contributed by atoms with Crippen LogP contribution in [0.1, 0.15) is 38.9 Å². The molecule has 0 saturated carbocycles. The summed E-state index contributed by atoms with van der Waals surface area (Å²) in [5.41, 5.74) is 4.85. The second kappa shape index (κ2) is 18.8. The van der Waals surface area contributed by atoms with Gasteiger partial charge in [0.15, 0.2) is 0 Å². The minimum absolute atomic E-state index is 0.142. The average molecular weight is 809 g/mol. The highest BCUT2D eigenvalue weighted by Crippen LogP contribution is 2.78. The molecule has 10 nitrogen and oxygen atoms in total. The van der Waals surface area contributed by atoms with Crippen LogP contribution in [0.5, 0.6) is 0 Å². The topological polar surface area (TPSA) is 104 Å². The van der Waals surface area contributed by atoms with Gasteiger partial charge in [0, 0.05) is 13.1 Å². The first-order chi connectivity index (χ1) is 27.3. The van der Waals surface area contributed by atoms with Crippen LogP contribution in [0.3, 0.4) is 0 Å². The van der Waals surface area contributed by atoms with Gasteiger partial charge in [-0.2, -0.15) is 0 Å². The van der Waals surface area contributed by atoms with Gasteiger partial charge < -0.3 is 4.52 Å². The molecule has 0 amide bonds. The largest absolute Gasteiger partial charge is 0.417 e. The van der Waals surface area contributed by atoms with E-state index in [2.05, 4.69) is 0 Å². The first-order valence-corrected chi connectivity index (χ1v) is 22.7. The molecule has 0 saturated heterocycles. The summed E-state index contributed by atoms with van der Waals surface area (Å²) in [5, 5.41) is 0. The number of rotatable bonds is 17. The zero-order chi connectivity index (χ0) is 38.7. The van der Waals surface area contributed by atoms with Crippen LogP contribution >= 0.6 is 23.2 Å². The molecule has 1 aliphatic rings. The summed E-state index contributed by atoms with van der Waals surface area (Å²) in [6, 6.07) is 53.4. The van der Waals surface area contributed by atoms with Gasteiger partial charge in [-0.15, -0.1) is 8.88 Å². The lowest BCUT2D eigenvalue weighted by molar-refractivity contribution is 0.137. The fourth-order valence-corrected chi connectivity index (χ4v) is 14.0. The highest BCUT2D eigenvalue weighted by Gasteiger charge is 2.58. The third-order valence-corrected chi connectivity index (χ3v) is 16.9. The highest BCUT2D eigenvalue weighted by molar-refractivity contribution is 7.74. The maximum Gasteiger partial charge on any atom is 0.417 e. The molecule has 0 spiro atoms. The smallest absolute Gasteiger partial charge is 0.300 e. The quantitative estimate of drug-likeness (QED) is 0.0827. The number of hydrogen-bond acceptors (Lipinski definition) is 8. The monoisotopic (exact) mass is 808 g/mol. The van der Waals surface area contributed by atoms with E-state index in [1.165, 1.54) is 0 Å². The second-order valence-electron chi connectivity index (χ2n) is 13.1. The van der Waals surface area contributed by atoms with Gasteiger partial charge in [0.05, 0.1) is 33.0 Å². The molecule has 0 fully saturated rings. The lowest BCUT2D eigenvalue weighted by Gasteiger charge is -2.40. The first kappa shape index (κ1) is 39.9. The molecule has 0 N–H and O–H groups in total. The molecule has 288 valence electrons. The van der Waals surface area contributed by atoms with E-state index in [9.17, 15) is 0 Å². The van der Waals surface area contributed by atoms with Crippen LogP contribution in [0.2, 0.25) is 0 Å². The van der Waals surface area contributed by atoms with Crippen molar-refractivity contribution < 1.29 is 36.3 Å². The zero-order valence-electron chi connectivity index (χ0n) is 30.7. The van der Waals surface area contributed by atoms with Gasteiger partial charge in [-0.25, -0.2) is 9.13 Å². The van der Waals surface area contributed by atoms with E-state index in [-0.39, 0.29) is 46.1 Å². The van der Waals surface area contributed by atoms with E-state index < -0.39 is 23.2 Å². The van der Waals surface area contributed by atoms with Gasteiger partial charge in [-0.05, 0) is 38.9 Å². The van der Waals surface area contributed by atoms with Crippen molar-refractivity contribution >= 4 is 23.2 Å². The van der Waals surface area contributed by atoms with Crippen LogP contribution in [0.15, 0.2) is 176 Å². The third kappa shape index (κ3) is 9.99. The van der Waals surface area contributed by atoms with E-state index in [0.29, 0.717) is 38.9 Å². The molecule has 0 radical (unpaired) electrons. The summed E-state index contributed by atoms with van der Waals surface area (Å²) >= 11 is 0. The first-order valence-electron chi connectivity index (χ1n) is 18.2. The Hall–Kier alpha value is -4.27. The van der Waals surface area contributed by atoms with Gasteiger partial charge in [-0.1, -0.05) is 176 Å². The highest BCUT2D eigenvalue weighted by atomic mass is 31.3. The van der Waals surface area contributed by atoms with Crippen LogP contribution in [0, 0.1) is 0 Å². The molecule has 1 heterocycles. The molecule has 7 rings (SSSR count). The minimum Gasteiger partial charge on any atom is -0.300 e. The molecule has 0 bridgehead atoms. The summed E-state index contributed by atoms with van der Waals surface area (Å²) in [7, 11) is -14.1. The molecular weight excluding hydrogens is 765 g/mol. The lowest BCUT2D eigenvalue weighted by atomic mass is 10.1. The Balaban J connectivity index is 1.38. The van der Waals surface area contributed by atoms with Gasteiger partial charge in [0.2, 0.25) is 0 Å². The fourth-order valence-electron chi connectivity index (χ4n) is 6.05. The van der Waals surface area contributed by atoms with E-state index >= 15 is 13.7 Å². The number of hydrogen-bond donors (Lipinski definition) is 0. The van der Waals surface area contributed by atoms with Crippen LogP contribution in [0.25, 0.3) is 0 Å². The van der Waals surface area contributed by atoms with Crippen LogP contribution in [0.4, 0.5) is 0 Å². The molecule has 1 aliphatic heterocycles. The predicted octanol–water partition coefficient (Wildman–Crippen LogP) is 11.7. The Morgan fingerprint density at radius 1 is 0.393 bits per heavy atom. The maximum atomic E-state index is 16.5. The molecule has 6 aromatic carbocycles. The van der Waals surface area contributed by atoms with Gasteiger partial charge in [-0.3, -0.25) is 22.7 Å². The summed E-state index contributed by atoms with van der Waals surface area (Å²) in [5.74, 6) is 0. The lowest BCUT2D eigenvalue weighted by Crippen LogP contribution is -2.29. The van der Waals surface area contributed by atoms with Gasteiger partial charge in [0.25, 0.3) is 0 Å². The SMILES string of the molecule is O=P(OCc1ccccc1)(OCc1ccccc1)N1Cc2ccccc2CN(P(=O)(OCc2ccccc2)OCc2ccccc2)P1(=O)OCc1ccccc1. The van der Waals surface area contributed by atoms with E-state index in [4.69, 9.17) is 22.6 Å². The Morgan fingerprint density at radius 3 is 0.929 bits per heavy atom. The Kier molecular flexibility index (Phi) is 13.4. The van der Waals surface area contributed by atoms with E-state index in [1.807, 2.05) is 176 Å². The Bertz CT molecular complexity index is 2060. The van der Waals surface area contributed by atoms with Crippen LogP contribution in [-0.2, 0) is 82.4 Å². The molecule has 0 aliphatic carbocycles.